The molecule has 0 heterocycles. The van der Waals surface area contributed by atoms with Gasteiger partial charge in [0.15, 0.2) is 0 Å². The van der Waals surface area contributed by atoms with E-state index in [-0.39, 0.29) is 0 Å². The lowest BCUT2D eigenvalue weighted by atomic mass is 9.79. The van der Waals surface area contributed by atoms with Crippen molar-refractivity contribution in [1.29, 1.82) is 0 Å². The van der Waals surface area contributed by atoms with E-state index in [1.807, 2.05) is 0 Å². The topological polar surface area (TPSA) is 0 Å². The zero-order chi connectivity index (χ0) is 17.7. The number of fused-ring (bicyclic) bond motifs is 3. The van der Waals surface area contributed by atoms with Gasteiger partial charge in [-0.3, -0.25) is 0 Å². The molecule has 0 heteroatoms. The van der Waals surface area contributed by atoms with Gasteiger partial charge in [-0.25, -0.2) is 0 Å². The van der Waals surface area contributed by atoms with Gasteiger partial charge in [0.05, 0.1) is 0 Å². The Hall–Kier alpha value is -2.60. The molecule has 2 aliphatic rings. The highest BCUT2D eigenvalue weighted by Gasteiger charge is 2.21. The Labute approximate surface area is 155 Å². The van der Waals surface area contributed by atoms with Gasteiger partial charge in [0.25, 0.3) is 0 Å². The predicted molar refractivity (Wildman–Crippen MR) is 113 cm³/mol. The van der Waals surface area contributed by atoms with Crippen LogP contribution >= 0.6 is 0 Å². The van der Waals surface area contributed by atoms with Gasteiger partial charge in [-0.2, -0.15) is 0 Å². The van der Waals surface area contributed by atoms with Crippen molar-refractivity contribution in [2.45, 2.75) is 39.5 Å². The average Bonchev–Trinajstić information content (AvgIpc) is 2.71. The highest BCUT2D eigenvalue weighted by molar-refractivity contribution is 5.97. The summed E-state index contributed by atoms with van der Waals surface area (Å²) < 4.78 is 0. The van der Waals surface area contributed by atoms with Crippen LogP contribution in [0.3, 0.4) is 0 Å². The monoisotopic (exact) mass is 336 g/mol. The Morgan fingerprint density at radius 2 is 1.42 bits per heavy atom. The van der Waals surface area contributed by atoms with Crippen LogP contribution in [0.15, 0.2) is 48.5 Å². The highest BCUT2D eigenvalue weighted by Crippen LogP contribution is 2.39. The highest BCUT2D eigenvalue weighted by atomic mass is 14.2. The summed E-state index contributed by atoms with van der Waals surface area (Å²) in [7, 11) is 0. The smallest absolute Gasteiger partial charge is 0.0111 e. The summed E-state index contributed by atoms with van der Waals surface area (Å²) in [6.45, 7) is 4.61. The first kappa shape index (κ1) is 15.6. The molecule has 0 amide bonds. The lowest BCUT2D eigenvalue weighted by molar-refractivity contribution is 0.963. The van der Waals surface area contributed by atoms with Gasteiger partial charge in [0.1, 0.15) is 0 Å². The van der Waals surface area contributed by atoms with Crippen molar-refractivity contribution in [3.05, 3.63) is 86.8 Å². The average molecular weight is 336 g/mol. The molecule has 0 unspecified atom stereocenters. The summed E-state index contributed by atoms with van der Waals surface area (Å²) in [5.74, 6) is 0. The van der Waals surface area contributed by atoms with Crippen molar-refractivity contribution < 1.29 is 0 Å². The molecule has 3 aromatic rings. The summed E-state index contributed by atoms with van der Waals surface area (Å²) in [5.41, 5.74) is 8.72. The van der Waals surface area contributed by atoms with Gasteiger partial charge in [-0.05, 0) is 100 Å². The number of hydrogen-bond acceptors (Lipinski definition) is 0. The summed E-state index contributed by atoms with van der Waals surface area (Å²) in [6.07, 6.45) is 11.8. The maximum absolute atomic E-state index is 2.46. The van der Waals surface area contributed by atoms with E-state index < -0.39 is 0 Å². The SMILES string of the molecule is Cc1c2c(c(C)c3ccccc13)C(c1ccc3c(c1)=CCCC=3)=CCC2. The number of allylic oxidation sites excluding steroid dienone is 1. The van der Waals surface area contributed by atoms with E-state index in [4.69, 9.17) is 0 Å². The minimum atomic E-state index is 1.13. The van der Waals surface area contributed by atoms with Crippen LogP contribution in [0.1, 0.15) is 47.1 Å². The Morgan fingerprint density at radius 1 is 0.692 bits per heavy atom. The van der Waals surface area contributed by atoms with Crippen LogP contribution in [-0.4, -0.2) is 0 Å². The van der Waals surface area contributed by atoms with Gasteiger partial charge in [0.2, 0.25) is 0 Å². The minimum absolute atomic E-state index is 1.13. The standard InChI is InChI=1S/C26H24/c1-17-22-10-5-6-11-23(22)18(2)26-24(17)12-7-13-25(26)21-15-14-19-8-3-4-9-20(19)16-21/h5-6,8-11,13-16H,3-4,7,12H2,1-2H3. The fourth-order valence-corrected chi connectivity index (χ4v) is 4.83. The third-order valence-corrected chi connectivity index (χ3v) is 6.17. The molecule has 5 rings (SSSR count). The predicted octanol–water partition coefficient (Wildman–Crippen LogP) is 5.19. The van der Waals surface area contributed by atoms with Crippen LogP contribution in [0.5, 0.6) is 0 Å². The molecule has 0 aliphatic heterocycles. The summed E-state index contributed by atoms with van der Waals surface area (Å²) in [6, 6.07) is 15.9. The number of benzene rings is 3. The van der Waals surface area contributed by atoms with E-state index in [1.54, 1.807) is 5.56 Å². The van der Waals surface area contributed by atoms with Crippen LogP contribution in [-0.2, 0) is 6.42 Å². The van der Waals surface area contributed by atoms with Crippen LogP contribution in [0.25, 0.3) is 28.5 Å². The Balaban J connectivity index is 1.79. The molecule has 0 fully saturated rings. The van der Waals surface area contributed by atoms with E-state index in [2.05, 4.69) is 74.5 Å². The van der Waals surface area contributed by atoms with Crippen LogP contribution in [0, 0.1) is 13.8 Å². The second-order valence-corrected chi connectivity index (χ2v) is 7.63. The Kier molecular flexibility index (Phi) is 3.60. The molecule has 0 atom stereocenters. The van der Waals surface area contributed by atoms with Gasteiger partial charge < -0.3 is 0 Å². The van der Waals surface area contributed by atoms with Gasteiger partial charge in [0, 0.05) is 0 Å². The summed E-state index contributed by atoms with van der Waals surface area (Å²) in [4.78, 5) is 0. The van der Waals surface area contributed by atoms with Crippen molar-refractivity contribution in [2.75, 3.05) is 0 Å². The lowest BCUT2D eigenvalue weighted by Crippen LogP contribution is -2.26. The third kappa shape index (κ3) is 2.29. The van der Waals surface area contributed by atoms with Crippen molar-refractivity contribution in [3.63, 3.8) is 0 Å². The molecule has 128 valence electrons. The van der Waals surface area contributed by atoms with Crippen molar-refractivity contribution >= 4 is 28.5 Å². The van der Waals surface area contributed by atoms with E-state index in [1.165, 1.54) is 55.5 Å². The molecule has 0 spiro atoms. The Bertz CT molecular complexity index is 1190. The molecule has 26 heavy (non-hydrogen) atoms. The number of rotatable bonds is 1. The first-order valence-electron chi connectivity index (χ1n) is 9.76. The second kappa shape index (κ2) is 5.99. The van der Waals surface area contributed by atoms with Crippen molar-refractivity contribution in [2.24, 2.45) is 0 Å². The molecule has 0 nitrogen and oxygen atoms in total. The minimum Gasteiger partial charge on any atom is -0.0764 e. The van der Waals surface area contributed by atoms with E-state index in [9.17, 15) is 0 Å². The first-order chi connectivity index (χ1) is 12.7. The first-order valence-corrected chi connectivity index (χ1v) is 9.76. The fraction of sp³-hybridized carbons (Fsp3) is 0.231. The molecule has 0 bridgehead atoms. The zero-order valence-electron chi connectivity index (χ0n) is 15.6. The van der Waals surface area contributed by atoms with Crippen LogP contribution < -0.4 is 10.4 Å². The van der Waals surface area contributed by atoms with Gasteiger partial charge in [-0.1, -0.05) is 54.6 Å². The molecule has 3 aromatic carbocycles. The molecule has 0 saturated heterocycles. The molecule has 0 N–H and O–H groups in total. The lowest BCUT2D eigenvalue weighted by Gasteiger charge is -2.25. The normalized spacial score (nSPS) is 15.5. The maximum Gasteiger partial charge on any atom is -0.0111 e. The van der Waals surface area contributed by atoms with Crippen molar-refractivity contribution in [1.82, 2.24) is 0 Å². The van der Waals surface area contributed by atoms with Gasteiger partial charge >= 0.3 is 0 Å². The maximum atomic E-state index is 2.46. The summed E-state index contributed by atoms with van der Waals surface area (Å²) >= 11 is 0. The molecular weight excluding hydrogens is 312 g/mol. The van der Waals surface area contributed by atoms with Crippen LogP contribution in [0.2, 0.25) is 0 Å². The van der Waals surface area contributed by atoms with E-state index in [0.29, 0.717) is 0 Å². The van der Waals surface area contributed by atoms with Crippen molar-refractivity contribution in [3.8, 4) is 0 Å². The third-order valence-electron chi connectivity index (χ3n) is 6.17. The largest absolute Gasteiger partial charge is 0.0764 e. The van der Waals surface area contributed by atoms with E-state index in [0.717, 1.165) is 19.3 Å². The van der Waals surface area contributed by atoms with Gasteiger partial charge in [-0.15, -0.1) is 0 Å². The second-order valence-electron chi connectivity index (χ2n) is 7.63. The summed E-state index contributed by atoms with van der Waals surface area (Å²) in [5, 5.41) is 5.60. The van der Waals surface area contributed by atoms with E-state index >= 15 is 0 Å². The molecule has 2 aliphatic carbocycles. The molecule has 0 aromatic heterocycles. The van der Waals surface area contributed by atoms with Crippen LogP contribution in [0.4, 0.5) is 0 Å². The number of aryl methyl sites for hydroxylation is 2. The molecule has 0 saturated carbocycles. The number of hydrogen-bond donors (Lipinski definition) is 0. The zero-order valence-corrected chi connectivity index (χ0v) is 15.6. The molecular formula is C26H24. The quantitative estimate of drug-likeness (QED) is 0.574. The fourth-order valence-electron chi connectivity index (χ4n) is 4.83. The Morgan fingerprint density at radius 3 is 2.23 bits per heavy atom. The molecule has 0 radical (unpaired) electrons.